The second-order valence-electron chi connectivity index (χ2n) is 10.3. The van der Waals surface area contributed by atoms with Gasteiger partial charge in [0.2, 0.25) is 21.8 Å². The molecule has 37 heavy (non-hydrogen) atoms. The highest BCUT2D eigenvalue weighted by Gasteiger charge is 2.33. The number of amides is 2. The molecule has 0 bridgehead atoms. The summed E-state index contributed by atoms with van der Waals surface area (Å²) in [6.45, 7) is 7.48. The standard InChI is InChI=1S/C29H41N3O4S/c1-6-26(29(34)30-25-15-8-7-9-16-25)31(19-24-14-10-12-21(2)18-24)28(33)20-32(37(5,35)36)27-17-11-13-22(3)23(27)4/h10-14,17-18,25-26H,6-9,15-16,19-20H2,1-5H3,(H,30,34). The first-order valence-electron chi connectivity index (χ1n) is 13.2. The topological polar surface area (TPSA) is 86.8 Å². The van der Waals surface area contributed by atoms with Gasteiger partial charge in [-0.15, -0.1) is 0 Å². The van der Waals surface area contributed by atoms with Crippen molar-refractivity contribution in [3.8, 4) is 0 Å². The fourth-order valence-corrected chi connectivity index (χ4v) is 5.97. The number of benzene rings is 2. The number of anilines is 1. The number of hydrogen-bond acceptors (Lipinski definition) is 4. The van der Waals surface area contributed by atoms with E-state index >= 15 is 0 Å². The van der Waals surface area contributed by atoms with Gasteiger partial charge in [0.25, 0.3) is 0 Å². The molecule has 3 rings (SSSR count). The molecule has 1 fully saturated rings. The summed E-state index contributed by atoms with van der Waals surface area (Å²) >= 11 is 0. The van der Waals surface area contributed by atoms with Crippen LogP contribution in [-0.4, -0.2) is 50.0 Å². The SMILES string of the molecule is CCC(C(=O)NC1CCCCC1)N(Cc1cccc(C)c1)C(=O)CN(c1cccc(C)c1C)S(C)(=O)=O. The molecule has 1 unspecified atom stereocenters. The van der Waals surface area contributed by atoms with Crippen LogP contribution in [0.4, 0.5) is 5.69 Å². The average molecular weight is 528 g/mol. The van der Waals surface area contributed by atoms with Crippen molar-refractivity contribution >= 4 is 27.5 Å². The zero-order valence-electron chi connectivity index (χ0n) is 22.8. The quantitative estimate of drug-likeness (QED) is 0.488. The third-order valence-electron chi connectivity index (χ3n) is 7.30. The van der Waals surface area contributed by atoms with Crippen molar-refractivity contribution in [3.63, 3.8) is 0 Å². The number of nitrogens with zero attached hydrogens (tertiary/aromatic N) is 2. The van der Waals surface area contributed by atoms with E-state index in [-0.39, 0.29) is 25.0 Å². The molecule has 0 saturated heterocycles. The lowest BCUT2D eigenvalue weighted by Crippen LogP contribution is -2.54. The summed E-state index contributed by atoms with van der Waals surface area (Å²) in [5.41, 5.74) is 4.17. The highest BCUT2D eigenvalue weighted by atomic mass is 32.2. The van der Waals surface area contributed by atoms with E-state index in [1.54, 1.807) is 17.0 Å². The Labute approximate surface area is 222 Å². The molecule has 1 aliphatic carbocycles. The molecule has 2 aromatic carbocycles. The van der Waals surface area contributed by atoms with Crippen LogP contribution in [0.2, 0.25) is 0 Å². The largest absolute Gasteiger partial charge is 0.352 e. The van der Waals surface area contributed by atoms with Crippen molar-refractivity contribution in [1.29, 1.82) is 0 Å². The van der Waals surface area contributed by atoms with Crippen LogP contribution in [0.25, 0.3) is 0 Å². The number of aryl methyl sites for hydroxylation is 2. The lowest BCUT2D eigenvalue weighted by Gasteiger charge is -2.34. The number of carbonyl (C=O) groups excluding carboxylic acids is 2. The smallest absolute Gasteiger partial charge is 0.244 e. The normalized spacial score (nSPS) is 15.2. The maximum Gasteiger partial charge on any atom is 0.244 e. The van der Waals surface area contributed by atoms with Gasteiger partial charge in [0, 0.05) is 12.6 Å². The molecule has 7 nitrogen and oxygen atoms in total. The minimum absolute atomic E-state index is 0.119. The summed E-state index contributed by atoms with van der Waals surface area (Å²) in [7, 11) is -3.76. The second kappa shape index (κ2) is 12.6. The van der Waals surface area contributed by atoms with Crippen LogP contribution in [0, 0.1) is 20.8 Å². The van der Waals surface area contributed by atoms with E-state index in [0.29, 0.717) is 12.1 Å². The summed E-state index contributed by atoms with van der Waals surface area (Å²) in [6, 6.07) is 12.7. The molecule has 0 aliphatic heterocycles. The lowest BCUT2D eigenvalue weighted by atomic mass is 9.95. The minimum atomic E-state index is -3.76. The van der Waals surface area contributed by atoms with Crippen molar-refractivity contribution in [1.82, 2.24) is 10.2 Å². The third kappa shape index (κ3) is 7.57. The molecule has 0 aromatic heterocycles. The average Bonchev–Trinajstić information content (AvgIpc) is 2.84. The number of sulfonamides is 1. The van der Waals surface area contributed by atoms with Crippen molar-refractivity contribution in [2.24, 2.45) is 0 Å². The zero-order chi connectivity index (χ0) is 27.2. The van der Waals surface area contributed by atoms with Gasteiger partial charge in [0.1, 0.15) is 12.6 Å². The first kappa shape index (κ1) is 28.7. The Morgan fingerprint density at radius 1 is 1.03 bits per heavy atom. The first-order chi connectivity index (χ1) is 17.5. The van der Waals surface area contributed by atoms with Gasteiger partial charge in [-0.3, -0.25) is 13.9 Å². The Balaban J connectivity index is 1.94. The molecule has 1 atom stereocenters. The van der Waals surface area contributed by atoms with Gasteiger partial charge < -0.3 is 10.2 Å². The Morgan fingerprint density at radius 2 is 1.70 bits per heavy atom. The Kier molecular flexibility index (Phi) is 9.76. The molecule has 2 aromatic rings. The van der Waals surface area contributed by atoms with Crippen LogP contribution in [0.3, 0.4) is 0 Å². The van der Waals surface area contributed by atoms with Gasteiger partial charge in [-0.25, -0.2) is 8.42 Å². The van der Waals surface area contributed by atoms with Gasteiger partial charge in [0.05, 0.1) is 11.9 Å². The Bertz CT molecular complexity index is 1210. The summed E-state index contributed by atoms with van der Waals surface area (Å²) < 4.78 is 26.9. The van der Waals surface area contributed by atoms with Gasteiger partial charge in [0.15, 0.2) is 0 Å². The predicted octanol–water partition coefficient (Wildman–Crippen LogP) is 4.63. The summed E-state index contributed by atoms with van der Waals surface area (Å²) in [6.07, 6.45) is 6.80. The van der Waals surface area contributed by atoms with E-state index < -0.39 is 22.0 Å². The van der Waals surface area contributed by atoms with Crippen LogP contribution in [-0.2, 0) is 26.2 Å². The predicted molar refractivity (Wildman–Crippen MR) is 149 cm³/mol. The monoisotopic (exact) mass is 527 g/mol. The maximum atomic E-state index is 13.9. The number of rotatable bonds is 10. The molecular weight excluding hydrogens is 486 g/mol. The van der Waals surface area contributed by atoms with Crippen LogP contribution < -0.4 is 9.62 Å². The van der Waals surface area contributed by atoms with E-state index in [1.165, 1.54) is 6.42 Å². The van der Waals surface area contributed by atoms with Crippen LogP contribution >= 0.6 is 0 Å². The molecule has 202 valence electrons. The molecule has 8 heteroatoms. The summed E-state index contributed by atoms with van der Waals surface area (Å²) in [5.74, 6) is -0.577. The van der Waals surface area contributed by atoms with E-state index in [9.17, 15) is 18.0 Å². The minimum Gasteiger partial charge on any atom is -0.352 e. The highest BCUT2D eigenvalue weighted by molar-refractivity contribution is 7.92. The fourth-order valence-electron chi connectivity index (χ4n) is 5.07. The second-order valence-corrected chi connectivity index (χ2v) is 12.2. The Morgan fingerprint density at radius 3 is 2.32 bits per heavy atom. The van der Waals surface area contributed by atoms with Crippen molar-refractivity contribution in [2.75, 3.05) is 17.1 Å². The summed E-state index contributed by atoms with van der Waals surface area (Å²) in [5, 5.41) is 3.17. The van der Waals surface area contributed by atoms with E-state index in [1.807, 2.05) is 58.0 Å². The number of hydrogen-bond donors (Lipinski definition) is 1. The number of carbonyl (C=O) groups is 2. The van der Waals surface area contributed by atoms with Crippen LogP contribution in [0.5, 0.6) is 0 Å². The Hall–Kier alpha value is -2.87. The van der Waals surface area contributed by atoms with Gasteiger partial charge in [-0.1, -0.05) is 68.1 Å². The fraction of sp³-hybridized carbons (Fsp3) is 0.517. The van der Waals surface area contributed by atoms with Crippen molar-refractivity contribution in [2.45, 2.75) is 84.8 Å². The molecule has 1 aliphatic rings. The van der Waals surface area contributed by atoms with E-state index in [4.69, 9.17) is 0 Å². The zero-order valence-corrected chi connectivity index (χ0v) is 23.6. The number of nitrogens with one attached hydrogen (secondary N) is 1. The molecule has 0 heterocycles. The van der Waals surface area contributed by atoms with Gasteiger partial charge in [-0.05, 0) is 62.8 Å². The molecule has 1 saturated carbocycles. The molecule has 0 radical (unpaired) electrons. The molecule has 2 amide bonds. The van der Waals surface area contributed by atoms with Crippen LogP contribution in [0.15, 0.2) is 42.5 Å². The van der Waals surface area contributed by atoms with Crippen molar-refractivity contribution < 1.29 is 18.0 Å². The highest BCUT2D eigenvalue weighted by Crippen LogP contribution is 2.26. The van der Waals surface area contributed by atoms with Crippen LogP contribution in [0.1, 0.15) is 67.7 Å². The van der Waals surface area contributed by atoms with E-state index in [0.717, 1.165) is 58.5 Å². The molecule has 1 N–H and O–H groups in total. The van der Waals surface area contributed by atoms with Gasteiger partial charge in [-0.2, -0.15) is 0 Å². The van der Waals surface area contributed by atoms with E-state index in [2.05, 4.69) is 5.32 Å². The molecular formula is C29H41N3O4S. The third-order valence-corrected chi connectivity index (χ3v) is 8.42. The maximum absolute atomic E-state index is 13.9. The summed E-state index contributed by atoms with van der Waals surface area (Å²) in [4.78, 5) is 28.9. The van der Waals surface area contributed by atoms with Gasteiger partial charge >= 0.3 is 0 Å². The van der Waals surface area contributed by atoms with Crippen molar-refractivity contribution in [3.05, 3.63) is 64.7 Å². The first-order valence-corrected chi connectivity index (χ1v) is 15.1. The lowest BCUT2D eigenvalue weighted by molar-refractivity contribution is -0.140. The molecule has 0 spiro atoms.